The van der Waals surface area contributed by atoms with Gasteiger partial charge in [0.25, 0.3) is 5.69 Å². The Balaban J connectivity index is 2.33. The van der Waals surface area contributed by atoms with Crippen LogP contribution >= 0.6 is 0 Å². The third-order valence-corrected chi connectivity index (χ3v) is 2.65. The Morgan fingerprint density at radius 3 is 2.62 bits per heavy atom. The smallest absolute Gasteiger partial charge is 0.273 e. The van der Waals surface area contributed by atoms with Crippen LogP contribution in [-0.2, 0) is 0 Å². The Morgan fingerprint density at radius 1 is 1.44 bits per heavy atom. The molecule has 1 aromatic carbocycles. The molecule has 2 rings (SSSR count). The molecule has 0 aromatic heterocycles. The van der Waals surface area contributed by atoms with Crippen molar-refractivity contribution >= 4 is 5.69 Å². The van der Waals surface area contributed by atoms with Gasteiger partial charge in [0.15, 0.2) is 0 Å². The number of hydrogen-bond donors (Lipinski definition) is 0. The Kier molecular flexibility index (Phi) is 2.81. The van der Waals surface area contributed by atoms with E-state index < -0.39 is 0 Å². The maximum atomic E-state index is 10.7. The summed E-state index contributed by atoms with van der Waals surface area (Å²) >= 11 is 0. The number of non-ortho nitro benzene ring substituents is 1. The summed E-state index contributed by atoms with van der Waals surface area (Å²) in [5.41, 5.74) is 1.14. The molecule has 1 aromatic rings. The fourth-order valence-electron chi connectivity index (χ4n) is 1.58. The van der Waals surface area contributed by atoms with Gasteiger partial charge in [-0.3, -0.25) is 10.1 Å². The molecule has 0 atom stereocenters. The van der Waals surface area contributed by atoms with Crippen LogP contribution in [0, 0.1) is 10.1 Å². The van der Waals surface area contributed by atoms with E-state index in [-0.39, 0.29) is 16.7 Å². The summed E-state index contributed by atoms with van der Waals surface area (Å²) in [6, 6.07) is 4.86. The quantitative estimate of drug-likeness (QED) is 0.579. The lowest BCUT2D eigenvalue weighted by Gasteiger charge is -2.13. The second kappa shape index (κ2) is 4.12. The maximum Gasteiger partial charge on any atom is 0.273 e. The van der Waals surface area contributed by atoms with Gasteiger partial charge in [0.1, 0.15) is 5.75 Å². The third-order valence-electron chi connectivity index (χ3n) is 2.65. The normalized spacial score (nSPS) is 15.2. The van der Waals surface area contributed by atoms with E-state index in [0.29, 0.717) is 11.7 Å². The van der Waals surface area contributed by atoms with Crippen molar-refractivity contribution < 1.29 is 9.66 Å². The van der Waals surface area contributed by atoms with Crippen molar-refractivity contribution in [2.24, 2.45) is 0 Å². The highest BCUT2D eigenvalue weighted by atomic mass is 16.6. The van der Waals surface area contributed by atoms with E-state index in [2.05, 4.69) is 13.8 Å². The highest BCUT2D eigenvalue weighted by molar-refractivity contribution is 5.46. The van der Waals surface area contributed by atoms with Gasteiger partial charge in [-0.25, -0.2) is 0 Å². The lowest BCUT2D eigenvalue weighted by Crippen LogP contribution is -2.02. The van der Waals surface area contributed by atoms with Gasteiger partial charge in [-0.2, -0.15) is 0 Å². The molecule has 4 heteroatoms. The molecule has 4 nitrogen and oxygen atoms in total. The number of nitro groups is 1. The molecule has 1 saturated carbocycles. The Bertz CT molecular complexity index is 411. The molecule has 16 heavy (non-hydrogen) atoms. The Labute approximate surface area is 94.4 Å². The summed E-state index contributed by atoms with van der Waals surface area (Å²) in [7, 11) is 0. The van der Waals surface area contributed by atoms with Gasteiger partial charge in [0, 0.05) is 6.07 Å². The van der Waals surface area contributed by atoms with Gasteiger partial charge in [-0.05, 0) is 30.4 Å². The summed E-state index contributed by atoms with van der Waals surface area (Å²) < 4.78 is 5.70. The van der Waals surface area contributed by atoms with E-state index in [4.69, 9.17) is 4.74 Å². The maximum absolute atomic E-state index is 10.7. The average Bonchev–Trinajstić information content (AvgIpc) is 3.01. The van der Waals surface area contributed by atoms with Crippen LogP contribution < -0.4 is 4.74 Å². The molecule has 0 heterocycles. The molecule has 0 bridgehead atoms. The highest BCUT2D eigenvalue weighted by Crippen LogP contribution is 2.34. The van der Waals surface area contributed by atoms with E-state index in [9.17, 15) is 10.1 Å². The predicted octanol–water partition coefficient (Wildman–Crippen LogP) is 3.26. The number of nitro benzene ring substituents is 1. The minimum absolute atomic E-state index is 0.0973. The summed E-state index contributed by atoms with van der Waals surface area (Å²) in [5, 5.41) is 10.7. The first kappa shape index (κ1) is 10.9. The van der Waals surface area contributed by atoms with E-state index in [1.807, 2.05) is 0 Å². The summed E-state index contributed by atoms with van der Waals surface area (Å²) in [6.45, 7) is 4.11. The number of rotatable bonds is 4. The number of benzene rings is 1. The molecule has 0 radical (unpaired) electrons. The topological polar surface area (TPSA) is 52.4 Å². The fourth-order valence-corrected chi connectivity index (χ4v) is 1.58. The number of ether oxygens (including phenoxy) is 1. The SMILES string of the molecule is CC(C)c1ccc([N+](=O)[O-])cc1OC1CC1. The first-order chi connectivity index (χ1) is 7.58. The monoisotopic (exact) mass is 221 g/mol. The minimum Gasteiger partial charge on any atom is -0.490 e. The van der Waals surface area contributed by atoms with Crippen LogP contribution in [0.2, 0.25) is 0 Å². The molecule has 1 aliphatic rings. The van der Waals surface area contributed by atoms with Crippen LogP contribution in [-0.4, -0.2) is 11.0 Å². The lowest BCUT2D eigenvalue weighted by molar-refractivity contribution is -0.385. The molecule has 1 fully saturated rings. The summed E-state index contributed by atoms with van der Waals surface area (Å²) in [5.74, 6) is 0.987. The predicted molar refractivity (Wildman–Crippen MR) is 60.8 cm³/mol. The van der Waals surface area contributed by atoms with Crippen LogP contribution in [0.4, 0.5) is 5.69 Å². The van der Waals surface area contributed by atoms with Crippen LogP contribution in [0.15, 0.2) is 18.2 Å². The molecular weight excluding hydrogens is 206 g/mol. The zero-order valence-electron chi connectivity index (χ0n) is 9.47. The minimum atomic E-state index is -0.385. The third kappa shape index (κ3) is 2.32. The Morgan fingerprint density at radius 2 is 2.12 bits per heavy atom. The number of hydrogen-bond acceptors (Lipinski definition) is 3. The average molecular weight is 221 g/mol. The van der Waals surface area contributed by atoms with Crippen molar-refractivity contribution in [2.75, 3.05) is 0 Å². The first-order valence-corrected chi connectivity index (χ1v) is 5.53. The highest BCUT2D eigenvalue weighted by Gasteiger charge is 2.26. The van der Waals surface area contributed by atoms with Crippen LogP contribution in [0.3, 0.4) is 0 Å². The van der Waals surface area contributed by atoms with E-state index in [1.165, 1.54) is 12.1 Å². The Hall–Kier alpha value is -1.58. The van der Waals surface area contributed by atoms with E-state index in [1.54, 1.807) is 6.07 Å². The van der Waals surface area contributed by atoms with Crippen molar-refractivity contribution in [1.29, 1.82) is 0 Å². The van der Waals surface area contributed by atoms with Crippen molar-refractivity contribution in [2.45, 2.75) is 38.7 Å². The van der Waals surface area contributed by atoms with Crippen LogP contribution in [0.5, 0.6) is 5.75 Å². The molecule has 0 spiro atoms. The van der Waals surface area contributed by atoms with Crippen LogP contribution in [0.25, 0.3) is 0 Å². The molecule has 0 N–H and O–H groups in total. The first-order valence-electron chi connectivity index (χ1n) is 5.53. The van der Waals surface area contributed by atoms with Gasteiger partial charge in [0.05, 0.1) is 17.1 Å². The molecule has 0 saturated heterocycles. The summed E-state index contributed by atoms with van der Waals surface area (Å²) in [6.07, 6.45) is 2.37. The molecular formula is C12H15NO3. The lowest BCUT2D eigenvalue weighted by atomic mass is 10.0. The van der Waals surface area contributed by atoms with Gasteiger partial charge in [-0.15, -0.1) is 0 Å². The molecule has 86 valence electrons. The van der Waals surface area contributed by atoms with Gasteiger partial charge >= 0.3 is 0 Å². The van der Waals surface area contributed by atoms with Crippen LogP contribution in [0.1, 0.15) is 38.2 Å². The zero-order valence-corrected chi connectivity index (χ0v) is 9.47. The zero-order chi connectivity index (χ0) is 11.7. The van der Waals surface area contributed by atoms with Crippen molar-refractivity contribution in [3.8, 4) is 5.75 Å². The standard InChI is InChI=1S/C12H15NO3/c1-8(2)11-6-3-9(13(14)15)7-12(11)16-10-4-5-10/h3,6-8,10H,4-5H2,1-2H3. The number of nitrogens with zero attached hydrogens (tertiary/aromatic N) is 1. The van der Waals surface area contributed by atoms with Gasteiger partial charge in [0.2, 0.25) is 0 Å². The van der Waals surface area contributed by atoms with E-state index >= 15 is 0 Å². The fraction of sp³-hybridized carbons (Fsp3) is 0.500. The van der Waals surface area contributed by atoms with Crippen molar-refractivity contribution in [3.05, 3.63) is 33.9 Å². The summed E-state index contributed by atoms with van der Waals surface area (Å²) in [4.78, 5) is 10.3. The molecule has 0 unspecified atom stereocenters. The molecule has 0 aliphatic heterocycles. The van der Waals surface area contributed by atoms with Gasteiger partial charge in [-0.1, -0.05) is 13.8 Å². The van der Waals surface area contributed by atoms with Crippen molar-refractivity contribution in [3.63, 3.8) is 0 Å². The largest absolute Gasteiger partial charge is 0.490 e. The van der Waals surface area contributed by atoms with E-state index in [0.717, 1.165) is 18.4 Å². The van der Waals surface area contributed by atoms with Gasteiger partial charge < -0.3 is 4.74 Å². The second-order valence-corrected chi connectivity index (χ2v) is 4.45. The molecule has 1 aliphatic carbocycles. The second-order valence-electron chi connectivity index (χ2n) is 4.45. The molecule has 0 amide bonds. The van der Waals surface area contributed by atoms with Crippen molar-refractivity contribution in [1.82, 2.24) is 0 Å².